The fourth-order valence-corrected chi connectivity index (χ4v) is 6.65. The smallest absolute Gasteiger partial charge is 0.229 e. The van der Waals surface area contributed by atoms with Crippen LogP contribution in [0.15, 0.2) is 12.4 Å². The van der Waals surface area contributed by atoms with Crippen molar-refractivity contribution in [2.45, 2.75) is 64.0 Å². The van der Waals surface area contributed by atoms with Crippen LogP contribution < -0.4 is 0 Å². The van der Waals surface area contributed by atoms with Gasteiger partial charge in [-0.25, -0.2) is 4.98 Å². The summed E-state index contributed by atoms with van der Waals surface area (Å²) in [5.74, 6) is 1.37. The van der Waals surface area contributed by atoms with Gasteiger partial charge in [-0.05, 0) is 49.9 Å². The Morgan fingerprint density at radius 1 is 1.35 bits per heavy atom. The molecule has 4 atom stereocenters. The molecule has 1 heterocycles. The minimum Gasteiger partial charge on any atom is -0.395 e. The molecule has 6 nitrogen and oxygen atoms in total. The molecule has 4 fully saturated rings. The molecule has 1 aromatic heterocycles. The van der Waals surface area contributed by atoms with Gasteiger partial charge in [-0.3, -0.25) is 4.79 Å². The van der Waals surface area contributed by atoms with Crippen molar-refractivity contribution in [2.24, 2.45) is 23.8 Å². The van der Waals surface area contributed by atoms with Gasteiger partial charge in [0.15, 0.2) is 0 Å². The second kappa shape index (κ2) is 6.06. The summed E-state index contributed by atoms with van der Waals surface area (Å²) in [6.45, 7) is 2.87. The van der Waals surface area contributed by atoms with Gasteiger partial charge < -0.3 is 19.7 Å². The van der Waals surface area contributed by atoms with Gasteiger partial charge in [0.2, 0.25) is 5.91 Å². The normalized spacial score (nSPS) is 37.9. The van der Waals surface area contributed by atoms with E-state index >= 15 is 0 Å². The van der Waals surface area contributed by atoms with E-state index in [2.05, 4.69) is 11.9 Å². The van der Waals surface area contributed by atoms with Crippen molar-refractivity contribution >= 4 is 5.91 Å². The summed E-state index contributed by atoms with van der Waals surface area (Å²) in [6.07, 6.45) is 9.84. The summed E-state index contributed by atoms with van der Waals surface area (Å²) in [6, 6.07) is 0. The third-order valence-electron chi connectivity index (χ3n) is 7.27. The van der Waals surface area contributed by atoms with Crippen molar-refractivity contribution in [3.8, 4) is 0 Å². The molecule has 6 heteroatoms. The van der Waals surface area contributed by atoms with Crippen molar-refractivity contribution in [1.29, 1.82) is 0 Å². The van der Waals surface area contributed by atoms with Gasteiger partial charge >= 0.3 is 0 Å². The molecule has 4 saturated carbocycles. The van der Waals surface area contributed by atoms with E-state index in [1.807, 2.05) is 17.8 Å². The van der Waals surface area contributed by atoms with Gasteiger partial charge in [-0.15, -0.1) is 0 Å². The maximum absolute atomic E-state index is 13.7. The van der Waals surface area contributed by atoms with Gasteiger partial charge in [0.25, 0.3) is 0 Å². The molecule has 0 spiro atoms. The van der Waals surface area contributed by atoms with E-state index in [0.717, 1.165) is 44.3 Å². The average Bonchev–Trinajstić information content (AvgIpc) is 2.96. The van der Waals surface area contributed by atoms with Crippen LogP contribution >= 0.6 is 0 Å². The molecular formula is C20H31N3O3. The summed E-state index contributed by atoms with van der Waals surface area (Å²) >= 11 is 0. The summed E-state index contributed by atoms with van der Waals surface area (Å²) in [4.78, 5) is 19.8. The molecule has 4 aliphatic rings. The highest BCUT2D eigenvalue weighted by Crippen LogP contribution is 2.68. The molecule has 5 rings (SSSR count). The standard InChI is InChI=1S/C20H31N3O3/c1-3-18-8-15-9-19(12-18,14-20(26,10-15)13-18)17(25)23(6-7-24)11-16-21-4-5-22(16)2/h4-5,15,24,26H,3,6-14H2,1-2H3/t15-,18+,19+,20+/m0/s1. The molecule has 0 aliphatic heterocycles. The van der Waals surface area contributed by atoms with Crippen LogP contribution in [0.2, 0.25) is 0 Å². The first kappa shape index (κ1) is 18.0. The molecular weight excluding hydrogens is 330 g/mol. The minimum absolute atomic E-state index is 0.0567. The molecule has 0 unspecified atom stereocenters. The van der Waals surface area contributed by atoms with E-state index in [-0.39, 0.29) is 17.9 Å². The number of carbonyl (C=O) groups is 1. The third-order valence-corrected chi connectivity index (χ3v) is 7.27. The number of aliphatic hydroxyl groups excluding tert-OH is 1. The van der Waals surface area contributed by atoms with Crippen LogP contribution in [0.5, 0.6) is 0 Å². The maximum Gasteiger partial charge on any atom is 0.229 e. The van der Waals surface area contributed by atoms with E-state index in [1.54, 1.807) is 11.1 Å². The molecule has 4 aliphatic carbocycles. The van der Waals surface area contributed by atoms with Gasteiger partial charge in [0.05, 0.1) is 24.2 Å². The zero-order valence-electron chi connectivity index (χ0n) is 15.9. The summed E-state index contributed by atoms with van der Waals surface area (Å²) < 4.78 is 1.92. The Kier molecular flexibility index (Phi) is 4.19. The topological polar surface area (TPSA) is 78.6 Å². The highest BCUT2D eigenvalue weighted by atomic mass is 16.3. The highest BCUT2D eigenvalue weighted by Gasteiger charge is 2.65. The Bertz CT molecular complexity index is 704. The number of hydrogen-bond donors (Lipinski definition) is 2. The minimum atomic E-state index is -0.681. The van der Waals surface area contributed by atoms with Crippen molar-refractivity contribution in [3.05, 3.63) is 18.2 Å². The summed E-state index contributed by atoms with van der Waals surface area (Å²) in [7, 11) is 1.92. The zero-order chi connectivity index (χ0) is 18.6. The Balaban J connectivity index is 1.64. The number of hydrogen-bond acceptors (Lipinski definition) is 4. The van der Waals surface area contributed by atoms with Crippen LogP contribution in [0.4, 0.5) is 0 Å². The molecule has 4 bridgehead atoms. The van der Waals surface area contributed by atoms with Crippen molar-refractivity contribution in [2.75, 3.05) is 13.2 Å². The van der Waals surface area contributed by atoms with Crippen LogP contribution in [0.25, 0.3) is 0 Å². The molecule has 1 amide bonds. The predicted molar refractivity (Wildman–Crippen MR) is 97.0 cm³/mol. The second-order valence-electron chi connectivity index (χ2n) is 9.27. The molecule has 1 aromatic rings. The lowest BCUT2D eigenvalue weighted by Crippen LogP contribution is -2.64. The Morgan fingerprint density at radius 3 is 2.77 bits per heavy atom. The fourth-order valence-electron chi connectivity index (χ4n) is 6.65. The van der Waals surface area contributed by atoms with Crippen LogP contribution in [0.3, 0.4) is 0 Å². The largest absolute Gasteiger partial charge is 0.395 e. The number of carbonyl (C=O) groups excluding carboxylic acids is 1. The van der Waals surface area contributed by atoms with Gasteiger partial charge in [0.1, 0.15) is 5.82 Å². The van der Waals surface area contributed by atoms with Crippen molar-refractivity contribution in [3.63, 3.8) is 0 Å². The quantitative estimate of drug-likeness (QED) is 0.811. The van der Waals surface area contributed by atoms with E-state index in [1.165, 1.54) is 0 Å². The lowest BCUT2D eigenvalue weighted by atomic mass is 9.42. The molecule has 2 N–H and O–H groups in total. The van der Waals surface area contributed by atoms with E-state index in [4.69, 9.17) is 0 Å². The second-order valence-corrected chi connectivity index (χ2v) is 9.27. The fraction of sp³-hybridized carbons (Fsp3) is 0.800. The number of aliphatic hydroxyl groups is 2. The SMILES string of the molecule is CC[C@]12C[C@@H]3C[C@@](O)(C1)C[C@@](C(=O)N(CCO)Cc1nccn1C)(C3)C2. The zero-order valence-corrected chi connectivity index (χ0v) is 15.9. The van der Waals surface area contributed by atoms with Crippen LogP contribution in [-0.4, -0.2) is 49.3 Å². The average molecular weight is 361 g/mol. The Hall–Kier alpha value is -1.40. The molecule has 144 valence electrons. The first-order valence-electron chi connectivity index (χ1n) is 9.92. The number of aromatic nitrogens is 2. The highest BCUT2D eigenvalue weighted by molar-refractivity contribution is 5.83. The van der Waals surface area contributed by atoms with Crippen LogP contribution in [0.1, 0.15) is 57.7 Å². The lowest BCUT2D eigenvalue weighted by Gasteiger charge is -2.64. The predicted octanol–water partition coefficient (Wildman–Crippen LogP) is 1.85. The Morgan fingerprint density at radius 2 is 2.15 bits per heavy atom. The Labute approximate surface area is 155 Å². The first-order chi connectivity index (χ1) is 12.3. The number of aryl methyl sites for hydroxylation is 1. The van der Waals surface area contributed by atoms with Gasteiger partial charge in [-0.2, -0.15) is 0 Å². The molecule has 26 heavy (non-hydrogen) atoms. The van der Waals surface area contributed by atoms with Gasteiger partial charge in [-0.1, -0.05) is 13.3 Å². The van der Waals surface area contributed by atoms with Gasteiger partial charge in [0, 0.05) is 26.0 Å². The third kappa shape index (κ3) is 2.78. The molecule has 0 saturated heterocycles. The number of nitrogens with zero attached hydrogens (tertiary/aromatic N) is 3. The summed E-state index contributed by atoms with van der Waals surface area (Å²) in [5, 5.41) is 20.7. The van der Waals surface area contributed by atoms with E-state index in [9.17, 15) is 15.0 Å². The lowest BCUT2D eigenvalue weighted by molar-refractivity contribution is -0.210. The van der Waals surface area contributed by atoms with Crippen molar-refractivity contribution < 1.29 is 15.0 Å². The molecule has 0 radical (unpaired) electrons. The number of imidazole rings is 1. The van der Waals surface area contributed by atoms with Crippen molar-refractivity contribution in [1.82, 2.24) is 14.5 Å². The summed E-state index contributed by atoms with van der Waals surface area (Å²) in [5.41, 5.74) is -1.04. The number of rotatable bonds is 6. The van der Waals surface area contributed by atoms with Crippen LogP contribution in [0, 0.1) is 16.7 Å². The first-order valence-corrected chi connectivity index (χ1v) is 9.92. The maximum atomic E-state index is 13.7. The molecule has 0 aromatic carbocycles. The van der Waals surface area contributed by atoms with Crippen LogP contribution in [-0.2, 0) is 18.4 Å². The monoisotopic (exact) mass is 361 g/mol. The number of amides is 1. The van der Waals surface area contributed by atoms with E-state index in [0.29, 0.717) is 25.4 Å². The van der Waals surface area contributed by atoms with E-state index < -0.39 is 11.0 Å².